The zero-order valence-electron chi connectivity index (χ0n) is 11.7. The van der Waals surface area contributed by atoms with Gasteiger partial charge in [-0.25, -0.2) is 4.79 Å². The van der Waals surface area contributed by atoms with Gasteiger partial charge in [-0.15, -0.1) is 0 Å². The largest absolute Gasteiger partial charge is 0.457 e. The lowest BCUT2D eigenvalue weighted by atomic mass is 10.0. The monoisotopic (exact) mass is 310 g/mol. The first kappa shape index (κ1) is 16.2. The zero-order valence-corrected chi connectivity index (χ0v) is 11.7. The summed E-state index contributed by atoms with van der Waals surface area (Å²) in [6.07, 6.45) is -5.68. The van der Waals surface area contributed by atoms with Crippen molar-refractivity contribution in [1.29, 1.82) is 0 Å². The smallest absolute Gasteiger partial charge is 0.335 e. The van der Waals surface area contributed by atoms with Crippen molar-refractivity contribution >= 4 is 17.6 Å². The van der Waals surface area contributed by atoms with Crippen LogP contribution < -0.4 is 10.9 Å². The summed E-state index contributed by atoms with van der Waals surface area (Å²) in [5, 5.41) is 28.9. The Morgan fingerprint density at radius 1 is 1.32 bits per heavy atom. The minimum Gasteiger partial charge on any atom is -0.457 e. The Bertz CT molecular complexity index is 523. The lowest BCUT2D eigenvalue weighted by Gasteiger charge is -2.22. The van der Waals surface area contributed by atoms with Crippen LogP contribution in [0.15, 0.2) is 30.3 Å². The lowest BCUT2D eigenvalue weighted by molar-refractivity contribution is -0.153. The molecule has 4 atom stereocenters. The molecule has 1 aliphatic rings. The predicted octanol–water partition coefficient (Wildman–Crippen LogP) is -1.08. The van der Waals surface area contributed by atoms with Crippen LogP contribution >= 0.6 is 0 Å². The number of benzene rings is 1. The maximum Gasteiger partial charge on any atom is 0.335 e. The van der Waals surface area contributed by atoms with Gasteiger partial charge in [-0.05, 0) is 12.1 Å². The number of hydrazine groups is 1. The molecule has 0 saturated carbocycles. The van der Waals surface area contributed by atoms with Crippen molar-refractivity contribution in [3.05, 3.63) is 30.3 Å². The third-order valence-electron chi connectivity index (χ3n) is 3.28. The van der Waals surface area contributed by atoms with E-state index in [1.165, 1.54) is 0 Å². The minimum absolute atomic E-state index is 0.110. The molecule has 5 N–H and O–H groups in total. The molecule has 1 heterocycles. The molecule has 8 nitrogen and oxygen atoms in total. The van der Waals surface area contributed by atoms with E-state index >= 15 is 0 Å². The number of hydrogen-bond donors (Lipinski definition) is 5. The zero-order chi connectivity index (χ0) is 16.1. The predicted molar refractivity (Wildman–Crippen MR) is 75.3 cm³/mol. The van der Waals surface area contributed by atoms with Crippen LogP contribution in [0.3, 0.4) is 0 Å². The van der Waals surface area contributed by atoms with E-state index in [0.29, 0.717) is 5.69 Å². The van der Waals surface area contributed by atoms with Crippen molar-refractivity contribution in [2.75, 3.05) is 5.43 Å². The Kier molecular flexibility index (Phi) is 5.31. The summed E-state index contributed by atoms with van der Waals surface area (Å²) < 4.78 is 4.72. The Hall–Kier alpha value is -2.16. The van der Waals surface area contributed by atoms with Crippen LogP contribution in [-0.4, -0.2) is 51.6 Å². The highest BCUT2D eigenvalue weighted by Gasteiger charge is 2.40. The summed E-state index contributed by atoms with van der Waals surface area (Å²) in [7, 11) is 0. The Morgan fingerprint density at radius 3 is 2.59 bits per heavy atom. The van der Waals surface area contributed by atoms with E-state index in [0.717, 1.165) is 0 Å². The van der Waals surface area contributed by atoms with Gasteiger partial charge in [0, 0.05) is 6.42 Å². The van der Waals surface area contributed by atoms with E-state index in [2.05, 4.69) is 10.9 Å². The molecular formula is C14H18N2O6. The van der Waals surface area contributed by atoms with Gasteiger partial charge in [0.25, 0.3) is 0 Å². The normalized spacial score (nSPS) is 23.5. The molecule has 1 aromatic rings. The molecule has 22 heavy (non-hydrogen) atoms. The number of aliphatic hydroxyl groups excluding tert-OH is 3. The maximum absolute atomic E-state index is 11.7. The van der Waals surface area contributed by atoms with Gasteiger partial charge >= 0.3 is 5.97 Å². The van der Waals surface area contributed by atoms with Crippen molar-refractivity contribution in [3.63, 3.8) is 0 Å². The number of rotatable bonds is 6. The van der Waals surface area contributed by atoms with Gasteiger partial charge in [-0.1, -0.05) is 18.2 Å². The number of carbonyl (C=O) groups is 2. The molecule has 0 aromatic heterocycles. The number of anilines is 1. The van der Waals surface area contributed by atoms with E-state index in [9.17, 15) is 24.9 Å². The number of nitrogens with one attached hydrogen (secondary N) is 2. The average Bonchev–Trinajstić information content (AvgIpc) is 2.85. The second-order valence-electron chi connectivity index (χ2n) is 5.03. The molecule has 1 amide bonds. The van der Waals surface area contributed by atoms with Crippen molar-refractivity contribution in [3.8, 4) is 0 Å². The highest BCUT2D eigenvalue weighted by Crippen LogP contribution is 2.20. The topological polar surface area (TPSA) is 128 Å². The van der Waals surface area contributed by atoms with Crippen molar-refractivity contribution in [2.45, 2.75) is 37.3 Å². The number of cyclic esters (lactones) is 1. The van der Waals surface area contributed by atoms with E-state index < -0.39 is 36.3 Å². The fourth-order valence-corrected chi connectivity index (χ4v) is 2.07. The first-order chi connectivity index (χ1) is 10.5. The van der Waals surface area contributed by atoms with E-state index in [1.807, 2.05) is 6.07 Å². The molecule has 1 aliphatic heterocycles. The summed E-state index contributed by atoms with van der Waals surface area (Å²) in [5.74, 6) is -1.38. The van der Waals surface area contributed by atoms with Crippen molar-refractivity contribution in [2.24, 2.45) is 0 Å². The SMILES string of the molecule is O=C(C[C@H](O)[C@@H](O)[C@H]1C[C@@H](O)C(=O)O1)NNc1ccccc1. The summed E-state index contributed by atoms with van der Waals surface area (Å²) >= 11 is 0. The van der Waals surface area contributed by atoms with E-state index in [1.54, 1.807) is 24.3 Å². The third-order valence-corrected chi connectivity index (χ3v) is 3.28. The first-order valence-electron chi connectivity index (χ1n) is 6.82. The Morgan fingerprint density at radius 2 is 2.00 bits per heavy atom. The summed E-state index contributed by atoms with van der Waals surface area (Å²) in [5.41, 5.74) is 5.70. The highest BCUT2D eigenvalue weighted by atomic mass is 16.6. The van der Waals surface area contributed by atoms with Gasteiger partial charge in [-0.3, -0.25) is 15.6 Å². The fourth-order valence-electron chi connectivity index (χ4n) is 2.07. The number of esters is 1. The molecule has 0 radical (unpaired) electrons. The molecule has 2 rings (SSSR count). The number of aliphatic hydroxyl groups is 3. The van der Waals surface area contributed by atoms with Crippen LogP contribution in [-0.2, 0) is 14.3 Å². The van der Waals surface area contributed by atoms with Crippen LogP contribution in [0.5, 0.6) is 0 Å². The summed E-state index contributed by atoms with van der Waals surface area (Å²) in [6.45, 7) is 0. The van der Waals surface area contributed by atoms with E-state index in [4.69, 9.17) is 4.74 Å². The number of carbonyl (C=O) groups excluding carboxylic acids is 2. The van der Waals surface area contributed by atoms with E-state index in [-0.39, 0.29) is 12.8 Å². The van der Waals surface area contributed by atoms with Crippen LogP contribution in [0.2, 0.25) is 0 Å². The second-order valence-corrected chi connectivity index (χ2v) is 5.03. The Balaban J connectivity index is 1.77. The molecule has 1 fully saturated rings. The highest BCUT2D eigenvalue weighted by molar-refractivity contribution is 5.78. The standard InChI is InChI=1S/C14H18N2O6/c17-9(13(20)11-6-10(18)14(21)22-11)7-12(19)16-15-8-4-2-1-3-5-8/h1-5,9-11,13,15,17-18,20H,6-7H2,(H,16,19)/t9-,10+,11+,13+/m0/s1. The summed E-state index contributed by atoms with van der Waals surface area (Å²) in [4.78, 5) is 22.7. The average molecular weight is 310 g/mol. The third kappa shape index (κ3) is 4.17. The number of ether oxygens (including phenoxy) is 1. The minimum atomic E-state index is -1.44. The number of para-hydroxylation sites is 1. The van der Waals surface area contributed by atoms with Crippen LogP contribution in [0.4, 0.5) is 5.69 Å². The number of hydrogen-bond acceptors (Lipinski definition) is 7. The Labute approximate surface area is 126 Å². The number of amides is 1. The molecule has 0 unspecified atom stereocenters. The maximum atomic E-state index is 11.7. The quantitative estimate of drug-likeness (QED) is 0.334. The van der Waals surface area contributed by atoms with Gasteiger partial charge in [0.15, 0.2) is 6.10 Å². The van der Waals surface area contributed by atoms with Crippen LogP contribution in [0.25, 0.3) is 0 Å². The molecular weight excluding hydrogens is 292 g/mol. The second kappa shape index (κ2) is 7.21. The molecule has 1 saturated heterocycles. The van der Waals surface area contributed by atoms with Crippen molar-refractivity contribution < 1.29 is 29.6 Å². The fraction of sp³-hybridized carbons (Fsp3) is 0.429. The van der Waals surface area contributed by atoms with Crippen LogP contribution in [0.1, 0.15) is 12.8 Å². The molecule has 120 valence electrons. The summed E-state index contributed by atoms with van der Waals surface area (Å²) in [6, 6.07) is 8.87. The van der Waals surface area contributed by atoms with Gasteiger partial charge in [-0.2, -0.15) is 0 Å². The lowest BCUT2D eigenvalue weighted by Crippen LogP contribution is -2.41. The molecule has 0 aliphatic carbocycles. The molecule has 1 aromatic carbocycles. The van der Waals surface area contributed by atoms with Gasteiger partial charge in [0.1, 0.15) is 12.2 Å². The molecule has 8 heteroatoms. The van der Waals surface area contributed by atoms with Gasteiger partial charge < -0.3 is 20.1 Å². The van der Waals surface area contributed by atoms with Crippen molar-refractivity contribution in [1.82, 2.24) is 5.43 Å². The van der Waals surface area contributed by atoms with Gasteiger partial charge in [0.2, 0.25) is 5.91 Å². The first-order valence-corrected chi connectivity index (χ1v) is 6.82. The molecule has 0 bridgehead atoms. The van der Waals surface area contributed by atoms with Gasteiger partial charge in [0.05, 0.1) is 18.2 Å². The molecule has 0 spiro atoms. The van der Waals surface area contributed by atoms with Crippen LogP contribution in [0, 0.1) is 0 Å².